The molecule has 86 valence electrons. The number of hydrogen-bond acceptors (Lipinski definition) is 3. The maximum Gasteiger partial charge on any atom is 0.139 e. The molecule has 0 saturated heterocycles. The lowest BCUT2D eigenvalue weighted by atomic mass is 9.71. The molecule has 0 unspecified atom stereocenters. The topological polar surface area (TPSA) is 76.4 Å². The van der Waals surface area contributed by atoms with Crippen molar-refractivity contribution in [3.05, 3.63) is 34.3 Å². The zero-order chi connectivity index (χ0) is 11.5. The predicted octanol–water partition coefficient (Wildman–Crippen LogP) is 1.68. The molecule has 2 rings (SSSR count). The number of hydrogen-bond donors (Lipinski definition) is 3. The number of nitrogens with zero attached hydrogens (tertiary/aromatic N) is 1. The highest BCUT2D eigenvalue weighted by Gasteiger charge is 2.33. The normalized spacial score (nSPS) is 25.0. The van der Waals surface area contributed by atoms with Gasteiger partial charge in [-0.1, -0.05) is 28.1 Å². The summed E-state index contributed by atoms with van der Waals surface area (Å²) >= 11 is 3.43. The molecule has 0 aliphatic heterocycles. The Morgan fingerprint density at radius 3 is 2.44 bits per heavy atom. The third-order valence-corrected chi connectivity index (χ3v) is 3.68. The SMILES string of the molecule is N/N=C(\NN)C1CC(c2ccc(Br)cc2)C1. The standard InChI is InChI=1S/C11H15BrN4/c12-10-3-1-7(2-4-10)8-5-9(6-8)11(15-13)16-14/h1-4,8-9H,5-6,13-14H2,(H,15,16). The summed E-state index contributed by atoms with van der Waals surface area (Å²) in [6.07, 6.45) is 2.11. The lowest BCUT2D eigenvalue weighted by Crippen LogP contribution is -2.42. The first-order valence-corrected chi connectivity index (χ1v) is 6.03. The van der Waals surface area contributed by atoms with Gasteiger partial charge in [0, 0.05) is 10.4 Å². The van der Waals surface area contributed by atoms with Gasteiger partial charge in [0.25, 0.3) is 0 Å². The van der Waals surface area contributed by atoms with Crippen LogP contribution in [0.25, 0.3) is 0 Å². The summed E-state index contributed by atoms with van der Waals surface area (Å²) in [7, 11) is 0. The Morgan fingerprint density at radius 2 is 1.94 bits per heavy atom. The molecule has 5 N–H and O–H groups in total. The number of hydrazine groups is 1. The molecular formula is C11H15BrN4. The Kier molecular flexibility index (Phi) is 3.46. The van der Waals surface area contributed by atoms with Crippen LogP contribution in [0.2, 0.25) is 0 Å². The van der Waals surface area contributed by atoms with E-state index in [1.807, 2.05) is 0 Å². The molecule has 1 aromatic carbocycles. The highest BCUT2D eigenvalue weighted by atomic mass is 79.9. The van der Waals surface area contributed by atoms with Crippen molar-refractivity contribution in [2.24, 2.45) is 22.7 Å². The Bertz CT molecular complexity index is 381. The maximum absolute atomic E-state index is 5.33. The van der Waals surface area contributed by atoms with E-state index in [4.69, 9.17) is 11.7 Å². The Balaban J connectivity index is 1.96. The second kappa shape index (κ2) is 4.84. The Hall–Kier alpha value is -1.07. The fourth-order valence-electron chi connectivity index (χ4n) is 2.11. The van der Waals surface area contributed by atoms with Crippen LogP contribution in [0, 0.1) is 5.92 Å². The van der Waals surface area contributed by atoms with Gasteiger partial charge in [0.2, 0.25) is 0 Å². The molecule has 0 heterocycles. The molecule has 0 aromatic heterocycles. The molecule has 1 aromatic rings. The molecule has 0 bridgehead atoms. The van der Waals surface area contributed by atoms with Gasteiger partial charge in [0.05, 0.1) is 0 Å². The largest absolute Gasteiger partial charge is 0.322 e. The van der Waals surface area contributed by atoms with Crippen LogP contribution in [0.4, 0.5) is 0 Å². The van der Waals surface area contributed by atoms with Crippen molar-refractivity contribution in [3.63, 3.8) is 0 Å². The van der Waals surface area contributed by atoms with Crippen LogP contribution in [0.15, 0.2) is 33.8 Å². The maximum atomic E-state index is 5.33. The number of nitrogens with one attached hydrogen (secondary N) is 1. The van der Waals surface area contributed by atoms with Gasteiger partial charge in [-0.15, -0.1) is 0 Å². The van der Waals surface area contributed by atoms with Gasteiger partial charge in [-0.2, -0.15) is 5.10 Å². The van der Waals surface area contributed by atoms with E-state index in [-0.39, 0.29) is 0 Å². The van der Waals surface area contributed by atoms with Crippen LogP contribution in [0.5, 0.6) is 0 Å². The summed E-state index contributed by atoms with van der Waals surface area (Å²) in [6, 6.07) is 8.45. The van der Waals surface area contributed by atoms with E-state index in [0.29, 0.717) is 17.7 Å². The summed E-state index contributed by atoms with van der Waals surface area (Å²) in [5.74, 6) is 12.2. The number of hydrazone groups is 1. The van der Waals surface area contributed by atoms with Gasteiger partial charge in [-0.05, 0) is 36.5 Å². The Morgan fingerprint density at radius 1 is 1.31 bits per heavy atom. The number of amidine groups is 1. The van der Waals surface area contributed by atoms with Crippen LogP contribution >= 0.6 is 15.9 Å². The number of rotatable bonds is 2. The number of nitrogens with two attached hydrogens (primary N) is 2. The fraction of sp³-hybridized carbons (Fsp3) is 0.364. The van der Waals surface area contributed by atoms with Gasteiger partial charge < -0.3 is 11.3 Å². The molecular weight excluding hydrogens is 268 g/mol. The summed E-state index contributed by atoms with van der Waals surface area (Å²) in [5, 5.41) is 3.64. The van der Waals surface area contributed by atoms with E-state index in [2.05, 4.69) is 50.7 Å². The second-order valence-electron chi connectivity index (χ2n) is 4.08. The van der Waals surface area contributed by atoms with E-state index in [1.54, 1.807) is 0 Å². The first-order chi connectivity index (χ1) is 7.74. The van der Waals surface area contributed by atoms with Gasteiger partial charge in [0.1, 0.15) is 5.84 Å². The average molecular weight is 283 g/mol. The summed E-state index contributed by atoms with van der Waals surface area (Å²) in [6.45, 7) is 0. The number of halogens is 1. The smallest absolute Gasteiger partial charge is 0.139 e. The van der Waals surface area contributed by atoms with Crippen LogP contribution < -0.4 is 17.1 Å². The molecule has 0 radical (unpaired) electrons. The van der Waals surface area contributed by atoms with Gasteiger partial charge in [-0.25, -0.2) is 5.84 Å². The van der Waals surface area contributed by atoms with E-state index in [1.165, 1.54) is 5.56 Å². The van der Waals surface area contributed by atoms with Crippen molar-refractivity contribution in [2.75, 3.05) is 0 Å². The minimum absolute atomic E-state index is 0.378. The van der Waals surface area contributed by atoms with E-state index >= 15 is 0 Å². The van der Waals surface area contributed by atoms with Gasteiger partial charge in [-0.3, -0.25) is 0 Å². The first-order valence-electron chi connectivity index (χ1n) is 5.24. The summed E-state index contributed by atoms with van der Waals surface area (Å²) in [5.41, 5.74) is 3.92. The van der Waals surface area contributed by atoms with Crippen molar-refractivity contribution in [2.45, 2.75) is 18.8 Å². The molecule has 16 heavy (non-hydrogen) atoms. The lowest BCUT2D eigenvalue weighted by molar-refractivity contribution is 0.337. The minimum atomic E-state index is 0.378. The predicted molar refractivity (Wildman–Crippen MR) is 68.6 cm³/mol. The third-order valence-electron chi connectivity index (χ3n) is 3.15. The van der Waals surface area contributed by atoms with E-state index in [0.717, 1.165) is 17.3 Å². The summed E-state index contributed by atoms with van der Waals surface area (Å²) < 4.78 is 1.11. The molecule has 5 heteroatoms. The molecule has 0 atom stereocenters. The quantitative estimate of drug-likeness (QED) is 0.334. The monoisotopic (exact) mass is 282 g/mol. The van der Waals surface area contributed by atoms with Crippen LogP contribution in [0.3, 0.4) is 0 Å². The van der Waals surface area contributed by atoms with Crippen LogP contribution in [-0.2, 0) is 0 Å². The minimum Gasteiger partial charge on any atom is -0.322 e. The highest BCUT2D eigenvalue weighted by molar-refractivity contribution is 9.10. The number of benzene rings is 1. The van der Waals surface area contributed by atoms with Crippen molar-refractivity contribution in [1.29, 1.82) is 0 Å². The van der Waals surface area contributed by atoms with Crippen molar-refractivity contribution in [1.82, 2.24) is 5.43 Å². The van der Waals surface area contributed by atoms with Gasteiger partial charge >= 0.3 is 0 Å². The zero-order valence-electron chi connectivity index (χ0n) is 8.86. The van der Waals surface area contributed by atoms with E-state index in [9.17, 15) is 0 Å². The third kappa shape index (κ3) is 2.20. The molecule has 1 aliphatic rings. The first kappa shape index (κ1) is 11.4. The molecule has 4 nitrogen and oxygen atoms in total. The Labute approximate surface area is 103 Å². The highest BCUT2D eigenvalue weighted by Crippen LogP contribution is 2.41. The van der Waals surface area contributed by atoms with Crippen LogP contribution in [0.1, 0.15) is 24.3 Å². The molecule has 0 spiro atoms. The fourth-order valence-corrected chi connectivity index (χ4v) is 2.37. The summed E-state index contributed by atoms with van der Waals surface area (Å²) in [4.78, 5) is 0. The average Bonchev–Trinajstić information content (AvgIpc) is 2.24. The van der Waals surface area contributed by atoms with Crippen molar-refractivity contribution >= 4 is 21.8 Å². The van der Waals surface area contributed by atoms with Crippen LogP contribution in [-0.4, -0.2) is 5.84 Å². The van der Waals surface area contributed by atoms with Crippen molar-refractivity contribution in [3.8, 4) is 0 Å². The second-order valence-corrected chi connectivity index (χ2v) is 4.99. The lowest BCUT2D eigenvalue weighted by Gasteiger charge is -2.35. The molecule has 0 amide bonds. The van der Waals surface area contributed by atoms with Crippen molar-refractivity contribution < 1.29 is 0 Å². The molecule has 1 fully saturated rings. The molecule has 1 aliphatic carbocycles. The molecule has 1 saturated carbocycles. The van der Waals surface area contributed by atoms with E-state index < -0.39 is 0 Å². The van der Waals surface area contributed by atoms with Gasteiger partial charge in [0.15, 0.2) is 0 Å². The zero-order valence-corrected chi connectivity index (χ0v) is 10.4.